The Kier molecular flexibility index (Phi) is 2.95. The first kappa shape index (κ1) is 8.39. The molecule has 0 aromatic heterocycles. The first-order valence-electron chi connectivity index (χ1n) is 3.45. The van der Waals surface area contributed by atoms with Gasteiger partial charge in [0.05, 0.1) is 11.9 Å². The molecule has 4 heteroatoms. The monoisotopic (exact) mass is 164 g/mol. The maximum absolute atomic E-state index is 9.86. The first-order valence-corrected chi connectivity index (χ1v) is 3.45. The second kappa shape index (κ2) is 4.23. The molecule has 1 aliphatic carbocycles. The van der Waals surface area contributed by atoms with E-state index in [-0.39, 0.29) is 0 Å². The van der Waals surface area contributed by atoms with Gasteiger partial charge in [0.2, 0.25) is 0 Å². The molecule has 0 bridgehead atoms. The summed E-state index contributed by atoms with van der Waals surface area (Å²) in [6.45, 7) is 0. The van der Waals surface area contributed by atoms with E-state index in [1.54, 1.807) is 24.3 Å². The lowest BCUT2D eigenvalue weighted by Crippen LogP contribution is -1.88. The van der Waals surface area contributed by atoms with E-state index in [4.69, 9.17) is 5.21 Å². The van der Waals surface area contributed by atoms with Crippen LogP contribution in [0.5, 0.6) is 0 Å². The third-order valence-corrected chi connectivity index (χ3v) is 1.44. The van der Waals surface area contributed by atoms with E-state index in [1.807, 2.05) is 0 Å². The third-order valence-electron chi connectivity index (χ3n) is 1.44. The van der Waals surface area contributed by atoms with Crippen molar-refractivity contribution in [3.8, 4) is 0 Å². The van der Waals surface area contributed by atoms with E-state index in [0.717, 1.165) is 0 Å². The van der Waals surface area contributed by atoms with Crippen molar-refractivity contribution in [3.63, 3.8) is 0 Å². The predicted octanol–water partition coefficient (Wildman–Crippen LogP) is 1.98. The number of hydrogen-bond donors (Lipinski definition) is 1. The second-order valence-electron chi connectivity index (χ2n) is 2.27. The average Bonchev–Trinajstić information content (AvgIpc) is 2.31. The summed E-state index contributed by atoms with van der Waals surface area (Å²) in [7, 11) is 0. The minimum atomic E-state index is 0.556. The van der Waals surface area contributed by atoms with Gasteiger partial charge in [-0.2, -0.15) is 0 Å². The van der Waals surface area contributed by atoms with E-state index >= 15 is 0 Å². The Balaban J connectivity index is 2.86. The summed E-state index contributed by atoms with van der Waals surface area (Å²) < 4.78 is 0. The smallest absolute Gasteiger partial charge is 0.0833 e. The van der Waals surface area contributed by atoms with Crippen molar-refractivity contribution in [3.05, 3.63) is 41.0 Å². The molecule has 1 rings (SSSR count). The zero-order valence-electron chi connectivity index (χ0n) is 6.34. The van der Waals surface area contributed by atoms with Gasteiger partial charge in [-0.1, -0.05) is 23.4 Å². The molecule has 0 aromatic rings. The Morgan fingerprint density at radius 2 is 2.25 bits per heavy atom. The Morgan fingerprint density at radius 3 is 2.92 bits per heavy atom. The van der Waals surface area contributed by atoms with Crippen LogP contribution in [0.1, 0.15) is 6.42 Å². The molecule has 0 amide bonds. The normalized spacial score (nSPS) is 23.0. The summed E-state index contributed by atoms with van der Waals surface area (Å²) in [5.74, 6) is 0. The number of rotatable bonds is 1. The number of allylic oxidation sites excluding steroid dienone is 5. The summed E-state index contributed by atoms with van der Waals surface area (Å²) >= 11 is 0. The molecule has 0 aromatic carbocycles. The van der Waals surface area contributed by atoms with Crippen molar-refractivity contribution in [2.24, 2.45) is 10.3 Å². The minimum absolute atomic E-state index is 0.556. The summed E-state index contributed by atoms with van der Waals surface area (Å²) in [6, 6.07) is 0. The maximum atomic E-state index is 9.86. The Labute approximate surface area is 69.6 Å². The Morgan fingerprint density at radius 1 is 1.42 bits per heavy atom. The zero-order chi connectivity index (χ0) is 8.81. The standard InChI is InChI=1S/C8H8N2O2/c11-9-6-7-2-1-3-8(10-12)5-4-7/h1-2,4-6,12H,3H2. The topological polar surface area (TPSA) is 62.0 Å². The van der Waals surface area contributed by atoms with Crippen LogP contribution in [0.2, 0.25) is 0 Å². The lowest BCUT2D eigenvalue weighted by atomic mass is 10.2. The number of nitrogens with zero attached hydrogens (tertiary/aromatic N) is 2. The summed E-state index contributed by atoms with van der Waals surface area (Å²) in [5.41, 5.74) is 1.25. The van der Waals surface area contributed by atoms with Gasteiger partial charge in [0.1, 0.15) is 0 Å². The third kappa shape index (κ3) is 2.16. The van der Waals surface area contributed by atoms with E-state index in [1.165, 1.54) is 6.20 Å². The van der Waals surface area contributed by atoms with Crippen molar-refractivity contribution in [2.45, 2.75) is 6.42 Å². The summed E-state index contributed by atoms with van der Waals surface area (Å²) in [6.07, 6.45) is 8.61. The van der Waals surface area contributed by atoms with E-state index in [2.05, 4.69) is 10.3 Å². The van der Waals surface area contributed by atoms with Crippen LogP contribution in [0.3, 0.4) is 0 Å². The molecule has 0 saturated carbocycles. The number of oxime groups is 1. The SMILES string of the molecule is O=NC=C1C=CCC(=NO)C=C1. The fourth-order valence-corrected chi connectivity index (χ4v) is 0.853. The highest BCUT2D eigenvalue weighted by Gasteiger charge is 1.97. The average molecular weight is 164 g/mol. The molecule has 1 N–H and O–H groups in total. The molecule has 12 heavy (non-hydrogen) atoms. The van der Waals surface area contributed by atoms with Gasteiger partial charge >= 0.3 is 0 Å². The summed E-state index contributed by atoms with van der Waals surface area (Å²) in [4.78, 5) is 9.86. The van der Waals surface area contributed by atoms with Crippen molar-refractivity contribution in [2.75, 3.05) is 0 Å². The molecule has 0 aliphatic heterocycles. The quantitative estimate of drug-likeness (QED) is 0.366. The van der Waals surface area contributed by atoms with Crippen LogP contribution < -0.4 is 0 Å². The maximum Gasteiger partial charge on any atom is 0.0833 e. The van der Waals surface area contributed by atoms with Crippen LogP contribution in [0, 0.1) is 4.91 Å². The molecule has 0 radical (unpaired) electrons. The van der Waals surface area contributed by atoms with Crippen LogP contribution in [-0.4, -0.2) is 10.9 Å². The van der Waals surface area contributed by atoms with Crippen molar-refractivity contribution >= 4 is 5.71 Å². The van der Waals surface area contributed by atoms with Crippen LogP contribution in [0.4, 0.5) is 0 Å². The number of nitroso groups, excluding NO2 is 1. The van der Waals surface area contributed by atoms with Crippen LogP contribution in [0.15, 0.2) is 46.4 Å². The largest absolute Gasteiger partial charge is 0.411 e. The molecule has 4 nitrogen and oxygen atoms in total. The van der Waals surface area contributed by atoms with Gasteiger partial charge in [-0.05, 0) is 16.8 Å². The molecular formula is C8H8N2O2. The van der Waals surface area contributed by atoms with E-state index in [0.29, 0.717) is 17.7 Å². The van der Waals surface area contributed by atoms with Crippen molar-refractivity contribution < 1.29 is 5.21 Å². The van der Waals surface area contributed by atoms with Gasteiger partial charge in [0, 0.05) is 6.42 Å². The van der Waals surface area contributed by atoms with Gasteiger partial charge in [-0.25, -0.2) is 0 Å². The van der Waals surface area contributed by atoms with Crippen LogP contribution >= 0.6 is 0 Å². The van der Waals surface area contributed by atoms with Crippen molar-refractivity contribution in [1.82, 2.24) is 0 Å². The lowest BCUT2D eigenvalue weighted by Gasteiger charge is -1.86. The van der Waals surface area contributed by atoms with Gasteiger partial charge < -0.3 is 5.21 Å². The van der Waals surface area contributed by atoms with Gasteiger partial charge in [-0.15, -0.1) is 4.91 Å². The zero-order valence-corrected chi connectivity index (χ0v) is 6.34. The van der Waals surface area contributed by atoms with Crippen LogP contribution in [0.25, 0.3) is 0 Å². The predicted molar refractivity (Wildman–Crippen MR) is 46.0 cm³/mol. The molecular weight excluding hydrogens is 156 g/mol. The molecule has 62 valence electrons. The first-order chi connectivity index (χ1) is 5.86. The molecule has 0 fully saturated rings. The molecule has 0 heterocycles. The highest BCUT2D eigenvalue weighted by molar-refractivity contribution is 5.96. The number of hydrogen-bond acceptors (Lipinski definition) is 4. The second-order valence-corrected chi connectivity index (χ2v) is 2.27. The Hall–Kier alpha value is -1.71. The Bertz CT molecular complexity index is 287. The van der Waals surface area contributed by atoms with Gasteiger partial charge in [0.15, 0.2) is 0 Å². The fourth-order valence-electron chi connectivity index (χ4n) is 0.853. The fraction of sp³-hybridized carbons (Fsp3) is 0.125. The highest BCUT2D eigenvalue weighted by Crippen LogP contribution is 2.07. The molecule has 0 atom stereocenters. The van der Waals surface area contributed by atoms with E-state index in [9.17, 15) is 4.91 Å². The van der Waals surface area contributed by atoms with Crippen molar-refractivity contribution in [1.29, 1.82) is 0 Å². The molecule has 0 saturated heterocycles. The minimum Gasteiger partial charge on any atom is -0.411 e. The van der Waals surface area contributed by atoms with Gasteiger partial charge in [-0.3, -0.25) is 0 Å². The van der Waals surface area contributed by atoms with Crippen LogP contribution in [-0.2, 0) is 0 Å². The highest BCUT2D eigenvalue weighted by atomic mass is 16.4. The molecule has 1 aliphatic rings. The van der Waals surface area contributed by atoms with Gasteiger partial charge in [0.25, 0.3) is 0 Å². The van der Waals surface area contributed by atoms with E-state index < -0.39 is 0 Å². The lowest BCUT2D eigenvalue weighted by molar-refractivity contribution is 0.319. The molecule has 0 spiro atoms. The molecule has 0 unspecified atom stereocenters. The summed E-state index contributed by atoms with van der Waals surface area (Å²) in [5, 5.41) is 14.1.